The lowest BCUT2D eigenvalue weighted by atomic mass is 10.3. The SMILES string of the molecule is CC=CCC[Si]1(CCC=CC)CCCCC1. The lowest BCUT2D eigenvalue weighted by Gasteiger charge is -2.35. The summed E-state index contributed by atoms with van der Waals surface area (Å²) >= 11 is 0. The predicted octanol–water partition coefficient (Wildman–Crippen LogP) is 5.55. The van der Waals surface area contributed by atoms with E-state index in [0.29, 0.717) is 0 Å². The maximum atomic E-state index is 2.37. The summed E-state index contributed by atoms with van der Waals surface area (Å²) in [6.07, 6.45) is 16.4. The molecular formula is C15H28Si. The Hall–Kier alpha value is -0.303. The van der Waals surface area contributed by atoms with Crippen LogP contribution < -0.4 is 0 Å². The van der Waals surface area contributed by atoms with Crippen LogP contribution in [-0.4, -0.2) is 8.07 Å². The topological polar surface area (TPSA) is 0 Å². The summed E-state index contributed by atoms with van der Waals surface area (Å²) < 4.78 is 0. The van der Waals surface area contributed by atoms with E-state index in [0.717, 1.165) is 0 Å². The van der Waals surface area contributed by atoms with Crippen LogP contribution in [0.4, 0.5) is 0 Å². The fraction of sp³-hybridized carbons (Fsp3) is 0.733. The van der Waals surface area contributed by atoms with Gasteiger partial charge in [0.15, 0.2) is 0 Å². The minimum atomic E-state index is -0.860. The number of allylic oxidation sites excluding steroid dienone is 4. The number of rotatable bonds is 6. The standard InChI is InChI=1S/C15H28Si/c1-3-5-8-12-16(13-9-6-4-2)14-10-7-11-15-16/h3-6H,7-15H2,1-2H3. The van der Waals surface area contributed by atoms with E-state index in [1.165, 1.54) is 32.1 Å². The van der Waals surface area contributed by atoms with Crippen LogP contribution in [0.1, 0.15) is 46.0 Å². The first-order chi connectivity index (χ1) is 7.83. The van der Waals surface area contributed by atoms with Gasteiger partial charge >= 0.3 is 0 Å². The van der Waals surface area contributed by atoms with Gasteiger partial charge in [-0.05, 0) is 26.7 Å². The van der Waals surface area contributed by atoms with Gasteiger partial charge in [0, 0.05) is 0 Å². The molecule has 1 aliphatic heterocycles. The van der Waals surface area contributed by atoms with Crippen molar-refractivity contribution in [1.29, 1.82) is 0 Å². The molecule has 1 heterocycles. The van der Waals surface area contributed by atoms with Crippen molar-refractivity contribution >= 4 is 8.07 Å². The third-order valence-corrected chi connectivity index (χ3v) is 9.60. The Balaban J connectivity index is 2.45. The van der Waals surface area contributed by atoms with Crippen LogP contribution in [0, 0.1) is 0 Å². The molecule has 0 nitrogen and oxygen atoms in total. The van der Waals surface area contributed by atoms with Crippen molar-refractivity contribution in [2.24, 2.45) is 0 Å². The Morgan fingerprint density at radius 3 is 1.75 bits per heavy atom. The van der Waals surface area contributed by atoms with Gasteiger partial charge in [-0.2, -0.15) is 0 Å². The molecule has 0 N–H and O–H groups in total. The van der Waals surface area contributed by atoms with Gasteiger partial charge in [-0.1, -0.05) is 67.7 Å². The Kier molecular flexibility index (Phi) is 6.78. The second kappa shape index (κ2) is 7.89. The van der Waals surface area contributed by atoms with E-state index in [-0.39, 0.29) is 0 Å². The summed E-state index contributed by atoms with van der Waals surface area (Å²) in [5, 5.41) is 0. The third kappa shape index (κ3) is 4.69. The van der Waals surface area contributed by atoms with Gasteiger partial charge in [0.1, 0.15) is 0 Å². The van der Waals surface area contributed by atoms with Crippen molar-refractivity contribution in [3.05, 3.63) is 24.3 Å². The van der Waals surface area contributed by atoms with Crippen molar-refractivity contribution in [2.75, 3.05) is 0 Å². The maximum absolute atomic E-state index is 2.37. The summed E-state index contributed by atoms with van der Waals surface area (Å²) in [5.41, 5.74) is 0. The van der Waals surface area contributed by atoms with Gasteiger partial charge in [-0.15, -0.1) is 0 Å². The van der Waals surface area contributed by atoms with E-state index in [4.69, 9.17) is 0 Å². The molecular weight excluding hydrogens is 208 g/mol. The van der Waals surface area contributed by atoms with E-state index in [2.05, 4.69) is 38.2 Å². The molecule has 1 aliphatic rings. The lowest BCUT2D eigenvalue weighted by Crippen LogP contribution is -2.35. The second-order valence-corrected chi connectivity index (χ2v) is 10.3. The highest BCUT2D eigenvalue weighted by Crippen LogP contribution is 2.37. The monoisotopic (exact) mass is 236 g/mol. The van der Waals surface area contributed by atoms with Crippen molar-refractivity contribution < 1.29 is 0 Å². The summed E-state index contributed by atoms with van der Waals surface area (Å²) in [5.74, 6) is 0. The van der Waals surface area contributed by atoms with Crippen molar-refractivity contribution in [1.82, 2.24) is 0 Å². The van der Waals surface area contributed by atoms with Crippen LogP contribution in [0.25, 0.3) is 0 Å². The molecule has 1 saturated heterocycles. The zero-order valence-electron chi connectivity index (χ0n) is 11.2. The molecule has 0 aromatic heterocycles. The zero-order chi connectivity index (χ0) is 11.7. The van der Waals surface area contributed by atoms with Crippen LogP contribution in [0.5, 0.6) is 0 Å². The fourth-order valence-electron chi connectivity index (χ4n) is 3.04. The van der Waals surface area contributed by atoms with Crippen molar-refractivity contribution in [2.45, 2.75) is 70.1 Å². The van der Waals surface area contributed by atoms with E-state index >= 15 is 0 Å². The first-order valence-electron chi connectivity index (χ1n) is 7.05. The van der Waals surface area contributed by atoms with E-state index in [1.807, 2.05) is 0 Å². The molecule has 0 bridgehead atoms. The van der Waals surface area contributed by atoms with Gasteiger partial charge in [0.25, 0.3) is 0 Å². The normalized spacial score (nSPS) is 20.9. The first kappa shape index (κ1) is 13.8. The third-order valence-electron chi connectivity index (χ3n) is 4.07. The van der Waals surface area contributed by atoms with Crippen molar-refractivity contribution in [3.63, 3.8) is 0 Å². The van der Waals surface area contributed by atoms with Gasteiger partial charge in [0.2, 0.25) is 0 Å². The van der Waals surface area contributed by atoms with Crippen molar-refractivity contribution in [3.8, 4) is 0 Å². The highest BCUT2D eigenvalue weighted by molar-refractivity contribution is 6.80. The molecule has 1 heteroatoms. The van der Waals surface area contributed by atoms with Gasteiger partial charge < -0.3 is 0 Å². The summed E-state index contributed by atoms with van der Waals surface area (Å²) in [6, 6.07) is 6.33. The molecule has 0 aliphatic carbocycles. The maximum Gasteiger partial charge on any atom is 0.0541 e. The Morgan fingerprint density at radius 2 is 1.31 bits per heavy atom. The minimum Gasteiger partial charge on any atom is -0.0917 e. The van der Waals surface area contributed by atoms with E-state index < -0.39 is 8.07 Å². The second-order valence-electron chi connectivity index (χ2n) is 5.28. The number of hydrogen-bond donors (Lipinski definition) is 0. The zero-order valence-corrected chi connectivity index (χ0v) is 12.2. The molecule has 1 rings (SSSR count). The van der Waals surface area contributed by atoms with Gasteiger partial charge in [-0.3, -0.25) is 0 Å². The Labute approximate surface area is 103 Å². The molecule has 0 spiro atoms. The Morgan fingerprint density at radius 1 is 0.812 bits per heavy atom. The Bertz CT molecular complexity index is 204. The quantitative estimate of drug-likeness (QED) is 0.419. The molecule has 0 saturated carbocycles. The van der Waals surface area contributed by atoms with Crippen LogP contribution >= 0.6 is 0 Å². The molecule has 0 aromatic carbocycles. The first-order valence-corrected chi connectivity index (χ1v) is 9.88. The summed E-state index contributed by atoms with van der Waals surface area (Å²) in [6.45, 7) is 4.30. The summed E-state index contributed by atoms with van der Waals surface area (Å²) in [4.78, 5) is 0. The highest BCUT2D eigenvalue weighted by Gasteiger charge is 2.32. The molecule has 0 radical (unpaired) electrons. The molecule has 1 fully saturated rings. The van der Waals surface area contributed by atoms with Crippen LogP contribution in [0.15, 0.2) is 24.3 Å². The van der Waals surface area contributed by atoms with E-state index in [9.17, 15) is 0 Å². The van der Waals surface area contributed by atoms with Gasteiger partial charge in [-0.25, -0.2) is 0 Å². The summed E-state index contributed by atoms with van der Waals surface area (Å²) in [7, 11) is -0.860. The largest absolute Gasteiger partial charge is 0.0917 e. The molecule has 0 amide bonds. The van der Waals surface area contributed by atoms with E-state index in [1.54, 1.807) is 24.2 Å². The number of hydrogen-bond acceptors (Lipinski definition) is 0. The van der Waals surface area contributed by atoms with Crippen LogP contribution in [0.3, 0.4) is 0 Å². The predicted molar refractivity (Wildman–Crippen MR) is 77.7 cm³/mol. The molecule has 0 atom stereocenters. The molecule has 16 heavy (non-hydrogen) atoms. The molecule has 0 aromatic rings. The van der Waals surface area contributed by atoms with Crippen LogP contribution in [0.2, 0.25) is 24.2 Å². The fourth-order valence-corrected chi connectivity index (χ4v) is 8.10. The smallest absolute Gasteiger partial charge is 0.0541 e. The van der Waals surface area contributed by atoms with Gasteiger partial charge in [0.05, 0.1) is 8.07 Å². The average molecular weight is 236 g/mol. The molecule has 92 valence electrons. The molecule has 0 unspecified atom stereocenters. The van der Waals surface area contributed by atoms with Crippen LogP contribution in [-0.2, 0) is 0 Å². The minimum absolute atomic E-state index is 0.860. The average Bonchev–Trinajstić information content (AvgIpc) is 2.31. The lowest BCUT2D eigenvalue weighted by molar-refractivity contribution is 0.697. The highest BCUT2D eigenvalue weighted by atomic mass is 28.3.